The normalized spacial score (nSPS) is 17.8. The Labute approximate surface area is 145 Å². The van der Waals surface area contributed by atoms with Crippen LogP contribution in [0.25, 0.3) is 10.9 Å². The third-order valence-corrected chi connectivity index (χ3v) is 4.63. The molecule has 2 aromatic carbocycles. The fourth-order valence-electron chi connectivity index (χ4n) is 3.29. The van der Waals surface area contributed by atoms with Gasteiger partial charge < -0.3 is 14.2 Å². The maximum absolute atomic E-state index is 13.5. The smallest absolute Gasteiger partial charge is 0.242 e. The Balaban J connectivity index is 1.49. The van der Waals surface area contributed by atoms with Gasteiger partial charge in [0, 0.05) is 12.7 Å². The number of carbonyl (C=O) groups is 1. The molecule has 128 valence electrons. The minimum atomic E-state index is -0.296. The maximum Gasteiger partial charge on any atom is 0.242 e. The lowest BCUT2D eigenvalue weighted by atomic mass is 10.1. The average Bonchev–Trinajstić information content (AvgIpc) is 3.04. The first kappa shape index (κ1) is 15.8. The Morgan fingerprint density at radius 2 is 2.00 bits per heavy atom. The van der Waals surface area contributed by atoms with Gasteiger partial charge in [0.25, 0.3) is 0 Å². The first-order chi connectivity index (χ1) is 12.2. The van der Waals surface area contributed by atoms with Crippen LogP contribution in [0.3, 0.4) is 0 Å². The molecule has 25 heavy (non-hydrogen) atoms. The molecule has 0 saturated carbocycles. The van der Waals surface area contributed by atoms with E-state index in [4.69, 9.17) is 4.74 Å². The zero-order chi connectivity index (χ0) is 17.2. The SMILES string of the molecule is O=C(Cn1ccc2ccc(F)cc21)N1CCO[C@@H](c2ccccc2)C1. The van der Waals surface area contributed by atoms with Crippen LogP contribution >= 0.6 is 0 Å². The lowest BCUT2D eigenvalue weighted by Crippen LogP contribution is -2.43. The number of hydrogen-bond acceptors (Lipinski definition) is 2. The van der Waals surface area contributed by atoms with Crippen molar-refractivity contribution >= 4 is 16.8 Å². The highest BCUT2D eigenvalue weighted by Gasteiger charge is 2.25. The summed E-state index contributed by atoms with van der Waals surface area (Å²) in [4.78, 5) is 14.6. The Kier molecular flexibility index (Phi) is 4.24. The lowest BCUT2D eigenvalue weighted by Gasteiger charge is -2.33. The summed E-state index contributed by atoms with van der Waals surface area (Å²) >= 11 is 0. The summed E-state index contributed by atoms with van der Waals surface area (Å²) in [7, 11) is 0. The second-order valence-corrected chi connectivity index (χ2v) is 6.26. The summed E-state index contributed by atoms with van der Waals surface area (Å²) in [6, 6.07) is 16.5. The molecule has 0 bridgehead atoms. The van der Waals surface area contributed by atoms with Gasteiger partial charge in [0.2, 0.25) is 5.91 Å². The number of amides is 1. The van der Waals surface area contributed by atoms with E-state index in [1.807, 2.05) is 47.5 Å². The number of carbonyl (C=O) groups excluding carboxylic acids is 1. The number of morpholine rings is 1. The third-order valence-electron chi connectivity index (χ3n) is 4.63. The van der Waals surface area contributed by atoms with Crippen molar-refractivity contribution in [3.05, 3.63) is 72.2 Å². The van der Waals surface area contributed by atoms with Crippen LogP contribution in [0.4, 0.5) is 4.39 Å². The zero-order valence-corrected chi connectivity index (χ0v) is 13.8. The van der Waals surface area contributed by atoms with Gasteiger partial charge in [-0.2, -0.15) is 0 Å². The van der Waals surface area contributed by atoms with Gasteiger partial charge in [0.1, 0.15) is 18.5 Å². The fourth-order valence-corrected chi connectivity index (χ4v) is 3.29. The molecule has 1 fully saturated rings. The molecular formula is C20H19FN2O2. The van der Waals surface area contributed by atoms with Crippen LogP contribution in [0.1, 0.15) is 11.7 Å². The quantitative estimate of drug-likeness (QED) is 0.734. The predicted molar refractivity (Wildman–Crippen MR) is 93.6 cm³/mol. The van der Waals surface area contributed by atoms with Gasteiger partial charge in [-0.1, -0.05) is 30.3 Å². The Morgan fingerprint density at radius 3 is 2.84 bits per heavy atom. The number of hydrogen-bond donors (Lipinski definition) is 0. The molecule has 0 N–H and O–H groups in total. The van der Waals surface area contributed by atoms with Crippen molar-refractivity contribution in [1.29, 1.82) is 0 Å². The molecule has 4 rings (SSSR count). The summed E-state index contributed by atoms with van der Waals surface area (Å²) < 4.78 is 21.1. The van der Waals surface area contributed by atoms with Gasteiger partial charge in [0.05, 0.1) is 18.7 Å². The number of fused-ring (bicyclic) bond motifs is 1. The maximum atomic E-state index is 13.5. The van der Waals surface area contributed by atoms with E-state index in [-0.39, 0.29) is 24.4 Å². The number of benzene rings is 2. The molecule has 1 amide bonds. The minimum Gasteiger partial charge on any atom is -0.370 e. The number of halogens is 1. The average molecular weight is 338 g/mol. The van der Waals surface area contributed by atoms with E-state index in [1.54, 1.807) is 10.6 Å². The molecule has 3 aromatic rings. The van der Waals surface area contributed by atoms with E-state index in [2.05, 4.69) is 0 Å². The molecule has 5 heteroatoms. The number of aromatic nitrogens is 1. The van der Waals surface area contributed by atoms with E-state index in [0.29, 0.717) is 19.7 Å². The molecule has 4 nitrogen and oxygen atoms in total. The van der Waals surface area contributed by atoms with Gasteiger partial charge in [-0.05, 0) is 35.2 Å². The summed E-state index contributed by atoms with van der Waals surface area (Å²) in [6.07, 6.45) is 1.73. The van der Waals surface area contributed by atoms with Crippen LogP contribution in [0.2, 0.25) is 0 Å². The zero-order valence-electron chi connectivity index (χ0n) is 13.8. The van der Waals surface area contributed by atoms with Crippen LogP contribution < -0.4 is 0 Å². The second-order valence-electron chi connectivity index (χ2n) is 6.26. The van der Waals surface area contributed by atoms with E-state index >= 15 is 0 Å². The van der Waals surface area contributed by atoms with Crippen LogP contribution in [0.5, 0.6) is 0 Å². The van der Waals surface area contributed by atoms with E-state index in [9.17, 15) is 9.18 Å². The molecule has 0 radical (unpaired) electrons. The van der Waals surface area contributed by atoms with Gasteiger partial charge >= 0.3 is 0 Å². The standard InChI is InChI=1S/C20H19FN2O2/c21-17-7-6-15-8-9-22(18(15)12-17)14-20(24)23-10-11-25-19(13-23)16-4-2-1-3-5-16/h1-9,12,19H,10-11,13-14H2/t19-/m1/s1. The summed E-state index contributed by atoms with van der Waals surface area (Å²) in [5.74, 6) is -0.276. The second kappa shape index (κ2) is 6.69. The van der Waals surface area contributed by atoms with Crippen molar-refractivity contribution in [2.45, 2.75) is 12.6 Å². The summed E-state index contributed by atoms with van der Waals surface area (Å²) in [6.45, 7) is 1.84. The number of nitrogens with zero attached hydrogens (tertiary/aromatic N) is 2. The highest BCUT2D eigenvalue weighted by molar-refractivity contribution is 5.83. The number of ether oxygens (including phenoxy) is 1. The van der Waals surface area contributed by atoms with Crippen molar-refractivity contribution in [3.8, 4) is 0 Å². The van der Waals surface area contributed by atoms with Crippen molar-refractivity contribution in [3.63, 3.8) is 0 Å². The Bertz CT molecular complexity index is 891. The summed E-state index contributed by atoms with van der Waals surface area (Å²) in [5, 5.41) is 0.929. The molecule has 1 saturated heterocycles. The van der Waals surface area contributed by atoms with Crippen LogP contribution in [-0.4, -0.2) is 35.1 Å². The van der Waals surface area contributed by atoms with E-state index < -0.39 is 0 Å². The van der Waals surface area contributed by atoms with Gasteiger partial charge in [-0.3, -0.25) is 4.79 Å². The lowest BCUT2D eigenvalue weighted by molar-refractivity contribution is -0.139. The van der Waals surface area contributed by atoms with Gasteiger partial charge in [-0.15, -0.1) is 0 Å². The Morgan fingerprint density at radius 1 is 1.16 bits per heavy atom. The highest BCUT2D eigenvalue weighted by atomic mass is 19.1. The Hall–Kier alpha value is -2.66. The predicted octanol–water partition coefficient (Wildman–Crippen LogP) is 3.38. The molecule has 1 atom stereocenters. The minimum absolute atomic E-state index is 0.0194. The number of rotatable bonds is 3. The molecule has 0 aliphatic carbocycles. The van der Waals surface area contributed by atoms with Crippen molar-refractivity contribution in [2.24, 2.45) is 0 Å². The first-order valence-corrected chi connectivity index (χ1v) is 8.39. The van der Waals surface area contributed by atoms with Crippen molar-refractivity contribution in [2.75, 3.05) is 19.7 Å². The molecule has 2 heterocycles. The molecule has 1 aliphatic heterocycles. The van der Waals surface area contributed by atoms with E-state index in [0.717, 1.165) is 16.5 Å². The molecular weight excluding hydrogens is 319 g/mol. The summed E-state index contributed by atoms with van der Waals surface area (Å²) in [5.41, 5.74) is 1.81. The van der Waals surface area contributed by atoms with E-state index in [1.165, 1.54) is 12.1 Å². The van der Waals surface area contributed by atoms with Gasteiger partial charge in [0.15, 0.2) is 0 Å². The monoisotopic (exact) mass is 338 g/mol. The van der Waals surface area contributed by atoms with Crippen LogP contribution in [-0.2, 0) is 16.1 Å². The molecule has 0 spiro atoms. The molecule has 0 unspecified atom stereocenters. The topological polar surface area (TPSA) is 34.5 Å². The third kappa shape index (κ3) is 3.28. The van der Waals surface area contributed by atoms with Crippen molar-refractivity contribution in [1.82, 2.24) is 9.47 Å². The largest absolute Gasteiger partial charge is 0.370 e. The molecule has 1 aromatic heterocycles. The van der Waals surface area contributed by atoms with Gasteiger partial charge in [-0.25, -0.2) is 4.39 Å². The first-order valence-electron chi connectivity index (χ1n) is 8.39. The fraction of sp³-hybridized carbons (Fsp3) is 0.250. The van der Waals surface area contributed by atoms with Crippen LogP contribution in [0, 0.1) is 5.82 Å². The van der Waals surface area contributed by atoms with Crippen LogP contribution in [0.15, 0.2) is 60.8 Å². The molecule has 1 aliphatic rings. The van der Waals surface area contributed by atoms with Crippen molar-refractivity contribution < 1.29 is 13.9 Å². The highest BCUT2D eigenvalue weighted by Crippen LogP contribution is 2.23.